The van der Waals surface area contributed by atoms with Crippen molar-refractivity contribution in [2.45, 2.75) is 11.8 Å². The zero-order valence-corrected chi connectivity index (χ0v) is 9.15. The van der Waals surface area contributed by atoms with E-state index in [2.05, 4.69) is 28.6 Å². The smallest absolute Gasteiger partial charge is 0.173 e. The topological polar surface area (TPSA) is 17.1 Å². The second kappa shape index (κ2) is 4.10. The molecule has 0 atom stereocenters. The predicted molar refractivity (Wildman–Crippen MR) is 56.6 cm³/mol. The van der Waals surface area contributed by atoms with E-state index in [0.717, 1.165) is 16.0 Å². The number of halogens is 1. The zero-order valence-electron chi connectivity index (χ0n) is 6.67. The van der Waals surface area contributed by atoms with Gasteiger partial charge in [-0.1, -0.05) is 28.1 Å². The molecule has 0 aromatic heterocycles. The summed E-state index contributed by atoms with van der Waals surface area (Å²) in [7, 11) is 0. The van der Waals surface area contributed by atoms with Crippen LogP contribution in [0.15, 0.2) is 23.1 Å². The maximum absolute atomic E-state index is 11.3. The Hall–Kier alpha value is -0.280. The molecule has 1 aromatic carbocycles. The number of alkyl halides is 1. The predicted octanol–water partition coefficient (Wildman–Crippen LogP) is 2.86. The van der Waals surface area contributed by atoms with Gasteiger partial charge in [0.25, 0.3) is 0 Å². The molecule has 0 fully saturated rings. The van der Waals surface area contributed by atoms with Crippen LogP contribution >= 0.6 is 28.6 Å². The summed E-state index contributed by atoms with van der Waals surface area (Å²) >= 11 is 7.37. The van der Waals surface area contributed by atoms with E-state index < -0.39 is 0 Å². The summed E-state index contributed by atoms with van der Waals surface area (Å²) < 4.78 is 0. The Morgan fingerprint density at radius 2 is 2.25 bits per heavy atom. The molecule has 64 valence electrons. The van der Waals surface area contributed by atoms with Gasteiger partial charge < -0.3 is 0 Å². The fourth-order valence-electron chi connectivity index (χ4n) is 0.998. The van der Waals surface area contributed by atoms with Crippen molar-refractivity contribution in [2.24, 2.45) is 0 Å². The Morgan fingerprint density at radius 3 is 2.83 bits per heavy atom. The molecule has 0 radical (unpaired) electrons. The normalized spacial score (nSPS) is 9.92. The molecule has 0 amide bonds. The second-order valence-electron chi connectivity index (χ2n) is 2.51. The first-order chi connectivity index (χ1) is 5.66. The van der Waals surface area contributed by atoms with Crippen LogP contribution in [0.2, 0.25) is 0 Å². The van der Waals surface area contributed by atoms with Crippen molar-refractivity contribution >= 4 is 34.3 Å². The summed E-state index contributed by atoms with van der Waals surface area (Å²) in [5, 5.41) is 0.366. The maximum atomic E-state index is 11.3. The Labute approximate surface area is 85.7 Å². The third kappa shape index (κ3) is 1.90. The third-order valence-electron chi connectivity index (χ3n) is 1.73. The van der Waals surface area contributed by atoms with Crippen molar-refractivity contribution in [1.29, 1.82) is 0 Å². The van der Waals surface area contributed by atoms with Crippen LogP contribution in [-0.4, -0.2) is 11.1 Å². The molecule has 1 nitrogen and oxygen atoms in total. The SMILES string of the molecule is Cc1c(S)cccc1C(=O)CBr. The van der Waals surface area contributed by atoms with Crippen molar-refractivity contribution in [1.82, 2.24) is 0 Å². The summed E-state index contributed by atoms with van der Waals surface area (Å²) in [6.07, 6.45) is 0. The van der Waals surface area contributed by atoms with Crippen LogP contribution < -0.4 is 0 Å². The van der Waals surface area contributed by atoms with E-state index in [1.807, 2.05) is 25.1 Å². The first kappa shape index (κ1) is 9.81. The number of thiol groups is 1. The summed E-state index contributed by atoms with van der Waals surface area (Å²) in [5.74, 6) is 0.100. The van der Waals surface area contributed by atoms with Crippen LogP contribution in [0.5, 0.6) is 0 Å². The van der Waals surface area contributed by atoms with Gasteiger partial charge in [-0.2, -0.15) is 0 Å². The van der Waals surface area contributed by atoms with Crippen molar-refractivity contribution in [3.63, 3.8) is 0 Å². The quantitative estimate of drug-likeness (QED) is 0.481. The number of carbonyl (C=O) groups excluding carboxylic acids is 1. The van der Waals surface area contributed by atoms with E-state index >= 15 is 0 Å². The van der Waals surface area contributed by atoms with Gasteiger partial charge in [0.1, 0.15) is 0 Å². The highest BCUT2D eigenvalue weighted by Crippen LogP contribution is 2.17. The van der Waals surface area contributed by atoms with Crippen LogP contribution in [0.4, 0.5) is 0 Å². The molecule has 0 aliphatic rings. The lowest BCUT2D eigenvalue weighted by Crippen LogP contribution is -2.02. The largest absolute Gasteiger partial charge is 0.293 e. The molecule has 0 bridgehead atoms. The van der Waals surface area contributed by atoms with Crippen LogP contribution in [-0.2, 0) is 0 Å². The summed E-state index contributed by atoms with van der Waals surface area (Å²) in [6, 6.07) is 5.54. The van der Waals surface area contributed by atoms with Crippen molar-refractivity contribution in [2.75, 3.05) is 5.33 Å². The highest BCUT2D eigenvalue weighted by Gasteiger charge is 2.07. The number of ketones is 1. The van der Waals surface area contributed by atoms with E-state index in [1.54, 1.807) is 0 Å². The summed E-state index contributed by atoms with van der Waals surface area (Å²) in [4.78, 5) is 12.2. The lowest BCUT2D eigenvalue weighted by molar-refractivity contribution is 0.102. The van der Waals surface area contributed by atoms with Crippen LogP contribution in [0.25, 0.3) is 0 Å². The van der Waals surface area contributed by atoms with Gasteiger partial charge >= 0.3 is 0 Å². The average molecular weight is 245 g/mol. The van der Waals surface area contributed by atoms with E-state index in [4.69, 9.17) is 0 Å². The molecular formula is C9H9BrOS. The number of Topliss-reactive ketones (excluding diaryl/α,β-unsaturated/α-hetero) is 1. The minimum absolute atomic E-state index is 0.100. The van der Waals surface area contributed by atoms with Gasteiger partial charge in [-0.05, 0) is 18.6 Å². The van der Waals surface area contributed by atoms with Gasteiger partial charge in [-0.25, -0.2) is 0 Å². The molecule has 0 saturated carbocycles. The summed E-state index contributed by atoms with van der Waals surface area (Å²) in [6.45, 7) is 1.90. The number of hydrogen-bond acceptors (Lipinski definition) is 2. The summed E-state index contributed by atoms with van der Waals surface area (Å²) in [5.41, 5.74) is 1.70. The maximum Gasteiger partial charge on any atom is 0.173 e. The van der Waals surface area contributed by atoms with Gasteiger partial charge in [-0.15, -0.1) is 12.6 Å². The van der Waals surface area contributed by atoms with Crippen LogP contribution in [0, 0.1) is 6.92 Å². The lowest BCUT2D eigenvalue weighted by Gasteiger charge is -2.04. The van der Waals surface area contributed by atoms with Gasteiger partial charge in [0.05, 0.1) is 5.33 Å². The van der Waals surface area contributed by atoms with Gasteiger partial charge in [0.2, 0.25) is 0 Å². The van der Waals surface area contributed by atoms with Crippen molar-refractivity contribution in [3.8, 4) is 0 Å². The third-order valence-corrected chi connectivity index (χ3v) is 2.72. The van der Waals surface area contributed by atoms with Crippen molar-refractivity contribution in [3.05, 3.63) is 29.3 Å². The molecule has 0 N–H and O–H groups in total. The highest BCUT2D eigenvalue weighted by molar-refractivity contribution is 9.09. The number of benzene rings is 1. The number of rotatable bonds is 2. The van der Waals surface area contributed by atoms with E-state index in [0.29, 0.717) is 5.33 Å². The first-order valence-electron chi connectivity index (χ1n) is 3.54. The first-order valence-corrected chi connectivity index (χ1v) is 5.11. The highest BCUT2D eigenvalue weighted by atomic mass is 79.9. The van der Waals surface area contributed by atoms with E-state index in [-0.39, 0.29) is 5.78 Å². The van der Waals surface area contributed by atoms with Gasteiger partial charge in [-0.3, -0.25) is 4.79 Å². The van der Waals surface area contributed by atoms with Gasteiger partial charge in [0, 0.05) is 10.5 Å². The van der Waals surface area contributed by atoms with Crippen LogP contribution in [0.3, 0.4) is 0 Å². The number of hydrogen-bond donors (Lipinski definition) is 1. The fraction of sp³-hybridized carbons (Fsp3) is 0.222. The molecule has 0 saturated heterocycles. The zero-order chi connectivity index (χ0) is 9.14. The molecule has 0 spiro atoms. The van der Waals surface area contributed by atoms with Gasteiger partial charge in [0.15, 0.2) is 5.78 Å². The average Bonchev–Trinajstić information content (AvgIpc) is 2.08. The van der Waals surface area contributed by atoms with Crippen molar-refractivity contribution < 1.29 is 4.79 Å². The minimum Gasteiger partial charge on any atom is -0.293 e. The minimum atomic E-state index is 0.100. The molecule has 0 heterocycles. The Kier molecular flexibility index (Phi) is 3.35. The Balaban J connectivity index is 3.16. The molecule has 3 heteroatoms. The molecule has 1 aromatic rings. The standard InChI is InChI=1S/C9H9BrOS/c1-6-7(8(11)5-10)3-2-4-9(6)12/h2-4,12H,5H2,1H3. The fourth-order valence-corrected chi connectivity index (χ4v) is 1.51. The molecule has 0 aliphatic carbocycles. The molecule has 1 rings (SSSR count). The molecule has 0 aliphatic heterocycles. The Morgan fingerprint density at radius 1 is 1.58 bits per heavy atom. The van der Waals surface area contributed by atoms with E-state index in [9.17, 15) is 4.79 Å². The molecule has 0 unspecified atom stereocenters. The Bertz CT molecular complexity index is 309. The monoisotopic (exact) mass is 244 g/mol. The second-order valence-corrected chi connectivity index (χ2v) is 3.55. The molecule has 12 heavy (non-hydrogen) atoms. The number of carbonyl (C=O) groups is 1. The van der Waals surface area contributed by atoms with Crippen LogP contribution in [0.1, 0.15) is 15.9 Å². The molecular weight excluding hydrogens is 236 g/mol. The lowest BCUT2D eigenvalue weighted by atomic mass is 10.1. The van der Waals surface area contributed by atoms with E-state index in [1.165, 1.54) is 0 Å².